The summed E-state index contributed by atoms with van der Waals surface area (Å²) < 4.78 is 22.6. The molecule has 0 saturated heterocycles. The van der Waals surface area contributed by atoms with E-state index in [9.17, 15) is 13.2 Å². The van der Waals surface area contributed by atoms with Crippen LogP contribution in [-0.4, -0.2) is 14.3 Å². The maximum absolute atomic E-state index is 12.2. The molecule has 0 aliphatic rings. The molecule has 0 aliphatic carbocycles. The second kappa shape index (κ2) is 6.03. The maximum Gasteiger partial charge on any atom is 0.257 e. The van der Waals surface area contributed by atoms with Gasteiger partial charge >= 0.3 is 0 Å². The molecule has 2 rings (SSSR count). The van der Waals surface area contributed by atoms with Gasteiger partial charge in [-0.3, -0.25) is 4.79 Å². The first-order chi connectivity index (χ1) is 9.77. The quantitative estimate of drug-likeness (QED) is 0.896. The molecule has 110 valence electrons. The minimum atomic E-state index is -3.91. The van der Waals surface area contributed by atoms with Gasteiger partial charge in [0.2, 0.25) is 10.0 Å². The molecular weight excluding hydrogens is 335 g/mol. The van der Waals surface area contributed by atoms with Crippen LogP contribution in [0.3, 0.4) is 0 Å². The molecular formula is C13H10Cl2N2O3S. The van der Waals surface area contributed by atoms with Gasteiger partial charge in [-0.1, -0.05) is 29.3 Å². The van der Waals surface area contributed by atoms with E-state index in [1.54, 1.807) is 24.3 Å². The first-order valence-electron chi connectivity index (χ1n) is 5.66. The summed E-state index contributed by atoms with van der Waals surface area (Å²) in [5, 5.41) is 8.17. The number of carbonyl (C=O) groups is 1. The third-order valence-electron chi connectivity index (χ3n) is 2.59. The van der Waals surface area contributed by atoms with Gasteiger partial charge in [-0.05, 0) is 36.4 Å². The number of rotatable bonds is 3. The lowest BCUT2D eigenvalue weighted by atomic mass is 10.2. The number of sulfonamides is 1. The Labute approximate surface area is 131 Å². The number of carbonyl (C=O) groups excluding carboxylic acids is 1. The molecule has 8 heteroatoms. The fourth-order valence-electron chi connectivity index (χ4n) is 1.62. The van der Waals surface area contributed by atoms with Crippen LogP contribution in [0.25, 0.3) is 0 Å². The van der Waals surface area contributed by atoms with Crippen molar-refractivity contribution in [2.75, 3.05) is 5.32 Å². The van der Waals surface area contributed by atoms with E-state index in [1.165, 1.54) is 12.1 Å². The largest absolute Gasteiger partial charge is 0.322 e. The van der Waals surface area contributed by atoms with Crippen molar-refractivity contribution in [3.63, 3.8) is 0 Å². The SMILES string of the molecule is NS(=O)(=O)c1ccc(Cl)c(C(=O)Nc2cccc(Cl)c2)c1. The van der Waals surface area contributed by atoms with Crippen LogP contribution in [0.4, 0.5) is 5.69 Å². The number of benzene rings is 2. The summed E-state index contributed by atoms with van der Waals surface area (Å²) in [7, 11) is -3.91. The lowest BCUT2D eigenvalue weighted by Gasteiger charge is -2.08. The van der Waals surface area contributed by atoms with Gasteiger partial charge in [0, 0.05) is 10.7 Å². The Kier molecular flexibility index (Phi) is 4.53. The summed E-state index contributed by atoms with van der Waals surface area (Å²) in [6, 6.07) is 10.2. The predicted molar refractivity (Wildman–Crippen MR) is 82.2 cm³/mol. The highest BCUT2D eigenvalue weighted by atomic mass is 35.5. The first-order valence-corrected chi connectivity index (χ1v) is 7.97. The van der Waals surface area contributed by atoms with Crippen LogP contribution in [0, 0.1) is 0 Å². The molecule has 0 spiro atoms. The highest BCUT2D eigenvalue weighted by Crippen LogP contribution is 2.22. The van der Waals surface area contributed by atoms with E-state index in [0.29, 0.717) is 10.7 Å². The van der Waals surface area contributed by atoms with Crippen LogP contribution in [0.15, 0.2) is 47.4 Å². The summed E-state index contributed by atoms with van der Waals surface area (Å²) >= 11 is 11.7. The fourth-order valence-corrected chi connectivity index (χ4v) is 2.55. The molecule has 5 nitrogen and oxygen atoms in total. The van der Waals surface area contributed by atoms with Gasteiger partial charge in [0.1, 0.15) is 0 Å². The fraction of sp³-hybridized carbons (Fsp3) is 0. The van der Waals surface area contributed by atoms with Crippen LogP contribution in [0.2, 0.25) is 10.0 Å². The molecule has 21 heavy (non-hydrogen) atoms. The average Bonchev–Trinajstić information content (AvgIpc) is 2.37. The van der Waals surface area contributed by atoms with Crippen molar-refractivity contribution in [1.82, 2.24) is 0 Å². The Morgan fingerprint density at radius 1 is 1.10 bits per heavy atom. The molecule has 0 aliphatic heterocycles. The van der Waals surface area contributed by atoms with Crippen molar-refractivity contribution in [3.05, 3.63) is 58.1 Å². The predicted octanol–water partition coefficient (Wildman–Crippen LogP) is 2.89. The number of primary sulfonamides is 1. The number of hydrogen-bond acceptors (Lipinski definition) is 3. The lowest BCUT2D eigenvalue weighted by molar-refractivity contribution is 0.102. The Hall–Kier alpha value is -1.60. The number of nitrogens with one attached hydrogen (secondary N) is 1. The summed E-state index contributed by atoms with van der Waals surface area (Å²) in [5.41, 5.74) is 0.466. The molecule has 0 atom stereocenters. The second-order valence-electron chi connectivity index (χ2n) is 4.15. The van der Waals surface area contributed by atoms with Crippen LogP contribution in [-0.2, 0) is 10.0 Å². The topological polar surface area (TPSA) is 89.3 Å². The zero-order chi connectivity index (χ0) is 15.6. The Balaban J connectivity index is 2.35. The minimum Gasteiger partial charge on any atom is -0.322 e. The number of anilines is 1. The minimum absolute atomic E-state index is 0.00293. The lowest BCUT2D eigenvalue weighted by Crippen LogP contribution is -2.16. The summed E-state index contributed by atoms with van der Waals surface area (Å²) in [4.78, 5) is 12.0. The van der Waals surface area contributed by atoms with Gasteiger partial charge in [-0.25, -0.2) is 13.6 Å². The Morgan fingerprint density at radius 3 is 2.43 bits per heavy atom. The van der Waals surface area contributed by atoms with E-state index in [4.69, 9.17) is 28.3 Å². The molecule has 1 amide bonds. The van der Waals surface area contributed by atoms with Crippen LogP contribution in [0.5, 0.6) is 0 Å². The van der Waals surface area contributed by atoms with Crippen LogP contribution >= 0.6 is 23.2 Å². The monoisotopic (exact) mass is 344 g/mol. The summed E-state index contributed by atoms with van der Waals surface area (Å²) in [6.07, 6.45) is 0. The molecule has 2 aromatic carbocycles. The van der Waals surface area contributed by atoms with Gasteiger partial charge < -0.3 is 5.32 Å². The van der Waals surface area contributed by atoms with Crippen molar-refractivity contribution in [2.45, 2.75) is 4.90 Å². The van der Waals surface area contributed by atoms with Crippen LogP contribution in [0.1, 0.15) is 10.4 Å². The van der Waals surface area contributed by atoms with Crippen molar-refractivity contribution in [3.8, 4) is 0 Å². The summed E-state index contributed by atoms with van der Waals surface area (Å²) in [6.45, 7) is 0. The average molecular weight is 345 g/mol. The molecule has 2 aromatic rings. The molecule has 3 N–H and O–H groups in total. The van der Waals surface area contributed by atoms with E-state index in [1.807, 2.05) is 0 Å². The number of nitrogens with two attached hydrogens (primary N) is 1. The molecule has 0 radical (unpaired) electrons. The zero-order valence-electron chi connectivity index (χ0n) is 10.5. The van der Waals surface area contributed by atoms with Crippen molar-refractivity contribution in [1.29, 1.82) is 0 Å². The van der Waals surface area contributed by atoms with E-state index in [2.05, 4.69) is 5.32 Å². The van der Waals surface area contributed by atoms with E-state index >= 15 is 0 Å². The Morgan fingerprint density at radius 2 is 1.81 bits per heavy atom. The molecule has 0 heterocycles. The van der Waals surface area contributed by atoms with Crippen molar-refractivity contribution in [2.24, 2.45) is 5.14 Å². The smallest absolute Gasteiger partial charge is 0.257 e. The molecule has 0 fully saturated rings. The maximum atomic E-state index is 12.2. The standard InChI is InChI=1S/C13H10Cl2N2O3S/c14-8-2-1-3-9(6-8)17-13(18)11-7-10(21(16,19)20)4-5-12(11)15/h1-7H,(H,17,18)(H2,16,19,20). The zero-order valence-corrected chi connectivity index (χ0v) is 12.8. The Bertz CT molecular complexity index is 807. The third kappa shape index (κ3) is 3.95. The van der Waals surface area contributed by atoms with Gasteiger partial charge in [0.15, 0.2) is 0 Å². The number of hydrogen-bond donors (Lipinski definition) is 2. The number of halogens is 2. The third-order valence-corrected chi connectivity index (χ3v) is 4.07. The van der Waals surface area contributed by atoms with Gasteiger partial charge in [-0.2, -0.15) is 0 Å². The van der Waals surface area contributed by atoms with Gasteiger partial charge in [0.05, 0.1) is 15.5 Å². The van der Waals surface area contributed by atoms with Gasteiger partial charge in [0.25, 0.3) is 5.91 Å². The normalized spacial score (nSPS) is 11.2. The molecule has 0 aromatic heterocycles. The van der Waals surface area contributed by atoms with E-state index < -0.39 is 15.9 Å². The highest BCUT2D eigenvalue weighted by molar-refractivity contribution is 7.89. The molecule has 0 bridgehead atoms. The molecule has 0 saturated carbocycles. The van der Waals surface area contributed by atoms with Crippen molar-refractivity contribution >= 4 is 44.8 Å². The van der Waals surface area contributed by atoms with E-state index in [0.717, 1.165) is 6.07 Å². The molecule has 0 unspecified atom stereocenters. The van der Waals surface area contributed by atoms with Gasteiger partial charge in [-0.15, -0.1) is 0 Å². The van der Waals surface area contributed by atoms with Crippen molar-refractivity contribution < 1.29 is 13.2 Å². The number of amides is 1. The first kappa shape index (κ1) is 15.8. The highest BCUT2D eigenvalue weighted by Gasteiger charge is 2.16. The summed E-state index contributed by atoms with van der Waals surface area (Å²) in [5.74, 6) is -0.562. The van der Waals surface area contributed by atoms with Crippen LogP contribution < -0.4 is 10.5 Å². The second-order valence-corrected chi connectivity index (χ2v) is 6.56. The van der Waals surface area contributed by atoms with E-state index in [-0.39, 0.29) is 15.5 Å².